The molecule has 8 nitrogen and oxygen atoms in total. The third-order valence-electron chi connectivity index (χ3n) is 2.22. The summed E-state index contributed by atoms with van der Waals surface area (Å²) in [6, 6.07) is 1.67. The number of hydrogen-bond acceptors (Lipinski definition) is 6. The van der Waals surface area contributed by atoms with Gasteiger partial charge in [0.2, 0.25) is 10.0 Å². The molecular formula is C9H13N5O3S. The smallest absolute Gasteiger partial charge is 0.258 e. The fourth-order valence-corrected chi connectivity index (χ4v) is 2.54. The summed E-state index contributed by atoms with van der Waals surface area (Å²) in [6.45, 7) is 1.66. The number of nitrogens with one attached hydrogen (secondary N) is 1. The molecule has 0 bridgehead atoms. The van der Waals surface area contributed by atoms with Crippen molar-refractivity contribution in [2.45, 2.75) is 13.0 Å². The average Bonchev–Trinajstić information content (AvgIpc) is 2.68. The molecule has 0 saturated heterocycles. The highest BCUT2D eigenvalue weighted by Gasteiger charge is 2.17. The summed E-state index contributed by atoms with van der Waals surface area (Å²) in [4.78, 5) is 7.88. The van der Waals surface area contributed by atoms with Gasteiger partial charge in [0, 0.05) is 19.5 Å². The van der Waals surface area contributed by atoms with Crippen LogP contribution in [0.2, 0.25) is 0 Å². The van der Waals surface area contributed by atoms with Gasteiger partial charge in [-0.15, -0.1) is 5.10 Å². The van der Waals surface area contributed by atoms with Gasteiger partial charge in [-0.3, -0.25) is 0 Å². The summed E-state index contributed by atoms with van der Waals surface area (Å²) in [6.07, 6.45) is 2.78. The van der Waals surface area contributed by atoms with Gasteiger partial charge in [-0.05, 0) is 13.0 Å². The van der Waals surface area contributed by atoms with Crippen molar-refractivity contribution in [2.75, 3.05) is 17.6 Å². The van der Waals surface area contributed by atoms with Gasteiger partial charge in [-0.25, -0.2) is 22.6 Å². The van der Waals surface area contributed by atoms with Gasteiger partial charge >= 0.3 is 0 Å². The number of nitrogens with zero attached hydrogens (tertiary/aromatic N) is 4. The van der Waals surface area contributed by atoms with E-state index in [1.54, 1.807) is 25.4 Å². The summed E-state index contributed by atoms with van der Waals surface area (Å²) in [7, 11) is -2.08. The molecule has 2 heterocycles. The molecule has 2 rings (SSSR count). The molecule has 0 saturated carbocycles. The Morgan fingerprint density at radius 2 is 2.33 bits per heavy atom. The van der Waals surface area contributed by atoms with Gasteiger partial charge in [-0.2, -0.15) is 4.98 Å². The van der Waals surface area contributed by atoms with Gasteiger partial charge in [0.1, 0.15) is 0 Å². The number of sulfonamides is 1. The van der Waals surface area contributed by atoms with Crippen molar-refractivity contribution < 1.29 is 13.2 Å². The standard InChI is InChI=1S/C9H13N5O3S/c1-7(17-2)6-18(15,16)13-8-11-9-10-4-3-5-14(9)12-8/h3-5,7H,6H2,1-2H3,(H,12,13). The summed E-state index contributed by atoms with van der Waals surface area (Å²) < 4.78 is 32.1. The molecule has 0 aliphatic carbocycles. The van der Waals surface area contributed by atoms with E-state index in [0.717, 1.165) is 0 Å². The molecule has 0 radical (unpaired) electrons. The van der Waals surface area contributed by atoms with Crippen LogP contribution in [-0.4, -0.2) is 47.0 Å². The van der Waals surface area contributed by atoms with Crippen LogP contribution < -0.4 is 4.72 Å². The first-order valence-electron chi connectivity index (χ1n) is 5.21. The van der Waals surface area contributed by atoms with E-state index in [9.17, 15) is 8.42 Å². The Balaban J connectivity index is 2.18. The molecular weight excluding hydrogens is 258 g/mol. The van der Waals surface area contributed by atoms with E-state index >= 15 is 0 Å². The molecule has 2 aromatic heterocycles. The summed E-state index contributed by atoms with van der Waals surface area (Å²) >= 11 is 0. The zero-order chi connectivity index (χ0) is 13.2. The van der Waals surface area contributed by atoms with Crippen LogP contribution in [0.25, 0.3) is 5.78 Å². The highest BCUT2D eigenvalue weighted by molar-refractivity contribution is 7.92. The van der Waals surface area contributed by atoms with E-state index in [-0.39, 0.29) is 11.7 Å². The number of fused-ring (bicyclic) bond motifs is 1. The Bertz CT molecular complexity index is 605. The highest BCUT2D eigenvalue weighted by Crippen LogP contribution is 2.06. The van der Waals surface area contributed by atoms with Gasteiger partial charge in [0.15, 0.2) is 0 Å². The molecule has 2 aromatic rings. The van der Waals surface area contributed by atoms with E-state index in [2.05, 4.69) is 19.8 Å². The first-order chi connectivity index (χ1) is 8.50. The molecule has 0 fully saturated rings. The van der Waals surface area contributed by atoms with Crippen LogP contribution in [0, 0.1) is 0 Å². The zero-order valence-electron chi connectivity index (χ0n) is 9.94. The van der Waals surface area contributed by atoms with Crippen molar-refractivity contribution in [1.29, 1.82) is 0 Å². The first-order valence-corrected chi connectivity index (χ1v) is 6.86. The molecule has 9 heteroatoms. The predicted molar refractivity (Wildman–Crippen MR) is 64.7 cm³/mol. The van der Waals surface area contributed by atoms with E-state index in [0.29, 0.717) is 5.78 Å². The van der Waals surface area contributed by atoms with E-state index in [4.69, 9.17) is 4.74 Å². The normalized spacial score (nSPS) is 13.7. The lowest BCUT2D eigenvalue weighted by Gasteiger charge is -2.09. The summed E-state index contributed by atoms with van der Waals surface area (Å²) in [5.41, 5.74) is 0. The van der Waals surface area contributed by atoms with Gasteiger partial charge < -0.3 is 4.74 Å². The Labute approximate surface area is 104 Å². The lowest BCUT2D eigenvalue weighted by atomic mass is 10.5. The minimum Gasteiger partial charge on any atom is -0.381 e. The number of hydrogen-bond donors (Lipinski definition) is 1. The Morgan fingerprint density at radius 1 is 1.56 bits per heavy atom. The van der Waals surface area contributed by atoms with E-state index in [1.165, 1.54) is 11.6 Å². The topological polar surface area (TPSA) is 98.5 Å². The zero-order valence-corrected chi connectivity index (χ0v) is 10.8. The number of rotatable bonds is 5. The Hall–Kier alpha value is -1.74. The van der Waals surface area contributed by atoms with E-state index in [1.807, 2.05) is 0 Å². The fourth-order valence-electron chi connectivity index (χ4n) is 1.33. The van der Waals surface area contributed by atoms with Gasteiger partial charge in [0.05, 0.1) is 11.9 Å². The highest BCUT2D eigenvalue weighted by atomic mass is 32.2. The Kier molecular flexibility index (Phi) is 3.43. The number of anilines is 1. The SMILES string of the molecule is COC(C)CS(=O)(=O)Nc1nc2ncccn2n1. The maximum Gasteiger partial charge on any atom is 0.258 e. The van der Waals surface area contributed by atoms with Crippen LogP contribution in [0.5, 0.6) is 0 Å². The number of aromatic nitrogens is 4. The summed E-state index contributed by atoms with van der Waals surface area (Å²) in [5, 5.41) is 3.94. The largest absolute Gasteiger partial charge is 0.381 e. The van der Waals surface area contributed by atoms with Gasteiger partial charge in [0.25, 0.3) is 11.7 Å². The van der Waals surface area contributed by atoms with Crippen molar-refractivity contribution in [3.8, 4) is 0 Å². The van der Waals surface area contributed by atoms with Gasteiger partial charge in [-0.1, -0.05) is 0 Å². The summed E-state index contributed by atoms with van der Waals surface area (Å²) in [5.74, 6) is 0.166. The van der Waals surface area contributed by atoms with Crippen LogP contribution in [0.3, 0.4) is 0 Å². The first kappa shape index (κ1) is 12.7. The number of methoxy groups -OCH3 is 1. The van der Waals surface area contributed by atoms with Crippen molar-refractivity contribution in [1.82, 2.24) is 19.6 Å². The third kappa shape index (κ3) is 2.93. The number of ether oxygens (including phenoxy) is 1. The molecule has 1 unspecified atom stereocenters. The molecule has 1 N–H and O–H groups in total. The van der Waals surface area contributed by atoms with Crippen LogP contribution in [0.15, 0.2) is 18.5 Å². The third-order valence-corrected chi connectivity index (χ3v) is 3.62. The van der Waals surface area contributed by atoms with Crippen LogP contribution in [0.4, 0.5) is 5.95 Å². The van der Waals surface area contributed by atoms with Crippen LogP contribution >= 0.6 is 0 Å². The molecule has 98 valence electrons. The lowest BCUT2D eigenvalue weighted by Crippen LogP contribution is -2.25. The fraction of sp³-hybridized carbons (Fsp3) is 0.444. The molecule has 0 aromatic carbocycles. The van der Waals surface area contributed by atoms with Crippen LogP contribution in [0.1, 0.15) is 6.92 Å². The van der Waals surface area contributed by atoms with Crippen molar-refractivity contribution in [3.63, 3.8) is 0 Å². The van der Waals surface area contributed by atoms with Crippen molar-refractivity contribution in [2.24, 2.45) is 0 Å². The predicted octanol–water partition coefficient (Wildman–Crippen LogP) is -0.0991. The average molecular weight is 271 g/mol. The second-order valence-corrected chi connectivity index (χ2v) is 5.50. The molecule has 0 aliphatic heterocycles. The molecule has 0 aliphatic rings. The molecule has 1 atom stereocenters. The molecule has 0 amide bonds. The lowest BCUT2D eigenvalue weighted by molar-refractivity contribution is 0.136. The minimum absolute atomic E-state index is 0.00277. The van der Waals surface area contributed by atoms with E-state index < -0.39 is 16.1 Å². The molecule has 18 heavy (non-hydrogen) atoms. The quantitative estimate of drug-likeness (QED) is 0.815. The van der Waals surface area contributed by atoms with Crippen molar-refractivity contribution in [3.05, 3.63) is 18.5 Å². The maximum atomic E-state index is 11.7. The monoisotopic (exact) mass is 271 g/mol. The minimum atomic E-state index is -3.53. The second kappa shape index (κ2) is 4.86. The Morgan fingerprint density at radius 3 is 3.00 bits per heavy atom. The van der Waals surface area contributed by atoms with Crippen LogP contribution in [-0.2, 0) is 14.8 Å². The second-order valence-electron chi connectivity index (χ2n) is 3.73. The van der Waals surface area contributed by atoms with Crippen molar-refractivity contribution >= 4 is 21.7 Å². The molecule has 0 spiro atoms. The maximum absolute atomic E-state index is 11.7.